The van der Waals surface area contributed by atoms with Crippen LogP contribution in [0.15, 0.2) is 24.3 Å². The number of hydrogen-bond acceptors (Lipinski definition) is 3. The van der Waals surface area contributed by atoms with Gasteiger partial charge in [0, 0.05) is 17.8 Å². The predicted molar refractivity (Wildman–Crippen MR) is 67.5 cm³/mol. The van der Waals surface area contributed by atoms with Gasteiger partial charge in [-0.1, -0.05) is 0 Å². The number of rotatable bonds is 3. The summed E-state index contributed by atoms with van der Waals surface area (Å²) in [6, 6.07) is 7.82. The molecular formula is C13H17N3O. The fraction of sp³-hybridized carbons (Fsp3) is 0.308. The first-order valence-electron chi connectivity index (χ1n) is 5.57. The van der Waals surface area contributed by atoms with Crippen LogP contribution in [0.1, 0.15) is 17.0 Å². The molecular weight excluding hydrogens is 214 g/mol. The van der Waals surface area contributed by atoms with Crippen molar-refractivity contribution in [1.29, 1.82) is 0 Å². The Hall–Kier alpha value is -1.81. The Morgan fingerprint density at radius 2 is 1.88 bits per heavy atom. The zero-order chi connectivity index (χ0) is 12.4. The number of aromatic nitrogens is 2. The van der Waals surface area contributed by atoms with Gasteiger partial charge in [-0.2, -0.15) is 5.10 Å². The molecule has 1 heterocycles. The summed E-state index contributed by atoms with van der Waals surface area (Å²) in [7, 11) is 1.66. The van der Waals surface area contributed by atoms with E-state index in [-0.39, 0.29) is 0 Å². The van der Waals surface area contributed by atoms with Gasteiger partial charge in [-0.25, -0.2) is 4.68 Å². The van der Waals surface area contributed by atoms with Gasteiger partial charge < -0.3 is 10.5 Å². The molecule has 0 amide bonds. The van der Waals surface area contributed by atoms with Gasteiger partial charge in [-0.3, -0.25) is 0 Å². The molecule has 0 radical (unpaired) electrons. The van der Waals surface area contributed by atoms with Crippen molar-refractivity contribution >= 4 is 0 Å². The SMILES string of the molecule is COc1ccc(-n2nc(C)c(CN)c2C)cc1. The van der Waals surface area contributed by atoms with E-state index in [0.717, 1.165) is 28.4 Å². The molecule has 2 rings (SSSR count). The largest absolute Gasteiger partial charge is 0.497 e. The summed E-state index contributed by atoms with van der Waals surface area (Å²) in [4.78, 5) is 0. The van der Waals surface area contributed by atoms with Crippen LogP contribution in [0.5, 0.6) is 5.75 Å². The Labute approximate surface area is 101 Å². The molecule has 0 aliphatic carbocycles. The smallest absolute Gasteiger partial charge is 0.119 e. The molecule has 0 unspecified atom stereocenters. The van der Waals surface area contributed by atoms with Crippen LogP contribution >= 0.6 is 0 Å². The molecule has 0 aliphatic rings. The molecule has 0 spiro atoms. The third-order valence-electron chi connectivity index (χ3n) is 2.96. The molecule has 0 saturated heterocycles. The van der Waals surface area contributed by atoms with E-state index in [1.54, 1.807) is 7.11 Å². The van der Waals surface area contributed by atoms with Crippen LogP contribution in [0.2, 0.25) is 0 Å². The molecule has 1 aromatic carbocycles. The summed E-state index contributed by atoms with van der Waals surface area (Å²) in [5, 5.41) is 4.50. The molecule has 90 valence electrons. The first-order chi connectivity index (χ1) is 8.17. The molecule has 0 saturated carbocycles. The number of methoxy groups -OCH3 is 1. The highest BCUT2D eigenvalue weighted by Gasteiger charge is 2.10. The summed E-state index contributed by atoms with van der Waals surface area (Å²) in [5.74, 6) is 0.842. The van der Waals surface area contributed by atoms with Gasteiger partial charge in [-0.05, 0) is 38.1 Å². The summed E-state index contributed by atoms with van der Waals surface area (Å²) in [6.45, 7) is 4.54. The lowest BCUT2D eigenvalue weighted by atomic mass is 10.2. The molecule has 4 nitrogen and oxygen atoms in total. The number of benzene rings is 1. The van der Waals surface area contributed by atoms with Crippen LogP contribution in [-0.4, -0.2) is 16.9 Å². The van der Waals surface area contributed by atoms with Gasteiger partial charge in [0.15, 0.2) is 0 Å². The molecule has 0 fully saturated rings. The maximum atomic E-state index is 5.72. The minimum absolute atomic E-state index is 0.522. The summed E-state index contributed by atoms with van der Waals surface area (Å²) < 4.78 is 7.05. The zero-order valence-electron chi connectivity index (χ0n) is 10.4. The van der Waals surface area contributed by atoms with Crippen molar-refractivity contribution in [2.75, 3.05) is 7.11 Å². The molecule has 17 heavy (non-hydrogen) atoms. The standard InChI is InChI=1S/C13H17N3O/c1-9-13(8-14)10(2)16(15-9)11-4-6-12(17-3)7-5-11/h4-7H,8,14H2,1-3H3. The predicted octanol–water partition coefficient (Wildman–Crippen LogP) is 1.96. The molecule has 2 N–H and O–H groups in total. The monoisotopic (exact) mass is 231 g/mol. The van der Waals surface area contributed by atoms with Gasteiger partial charge in [-0.15, -0.1) is 0 Å². The van der Waals surface area contributed by atoms with Crippen LogP contribution in [0.3, 0.4) is 0 Å². The van der Waals surface area contributed by atoms with E-state index in [2.05, 4.69) is 5.10 Å². The summed E-state index contributed by atoms with van der Waals surface area (Å²) in [5.41, 5.74) is 9.93. The normalized spacial score (nSPS) is 10.6. The minimum Gasteiger partial charge on any atom is -0.497 e. The third kappa shape index (κ3) is 2.03. The van der Waals surface area contributed by atoms with E-state index in [1.165, 1.54) is 0 Å². The highest BCUT2D eigenvalue weighted by atomic mass is 16.5. The van der Waals surface area contributed by atoms with E-state index in [0.29, 0.717) is 6.54 Å². The van der Waals surface area contributed by atoms with Crippen molar-refractivity contribution in [3.05, 3.63) is 41.2 Å². The fourth-order valence-electron chi connectivity index (χ4n) is 1.95. The number of nitrogens with two attached hydrogens (primary N) is 1. The average molecular weight is 231 g/mol. The zero-order valence-corrected chi connectivity index (χ0v) is 10.4. The molecule has 1 aromatic heterocycles. The van der Waals surface area contributed by atoms with E-state index in [1.807, 2.05) is 42.8 Å². The number of aryl methyl sites for hydroxylation is 1. The summed E-state index contributed by atoms with van der Waals surface area (Å²) in [6.07, 6.45) is 0. The summed E-state index contributed by atoms with van der Waals surface area (Å²) >= 11 is 0. The Balaban J connectivity index is 2.45. The van der Waals surface area contributed by atoms with Crippen molar-refractivity contribution in [2.24, 2.45) is 5.73 Å². The Kier molecular flexibility index (Phi) is 3.15. The first kappa shape index (κ1) is 11.7. The lowest BCUT2D eigenvalue weighted by Gasteiger charge is -2.06. The van der Waals surface area contributed by atoms with Gasteiger partial charge in [0.05, 0.1) is 18.5 Å². The Bertz CT molecular complexity index is 514. The van der Waals surface area contributed by atoms with Crippen LogP contribution < -0.4 is 10.5 Å². The molecule has 4 heteroatoms. The molecule has 0 aliphatic heterocycles. The second kappa shape index (κ2) is 4.59. The minimum atomic E-state index is 0.522. The van der Waals surface area contributed by atoms with Crippen LogP contribution in [0.25, 0.3) is 5.69 Å². The fourth-order valence-corrected chi connectivity index (χ4v) is 1.95. The van der Waals surface area contributed by atoms with Gasteiger partial charge in [0.25, 0.3) is 0 Å². The van der Waals surface area contributed by atoms with Crippen LogP contribution in [-0.2, 0) is 6.54 Å². The van der Waals surface area contributed by atoms with Gasteiger partial charge in [0.2, 0.25) is 0 Å². The van der Waals surface area contributed by atoms with Gasteiger partial charge >= 0.3 is 0 Å². The maximum Gasteiger partial charge on any atom is 0.119 e. The molecule has 0 bridgehead atoms. The van der Waals surface area contributed by atoms with Crippen molar-refractivity contribution in [3.63, 3.8) is 0 Å². The van der Waals surface area contributed by atoms with E-state index in [4.69, 9.17) is 10.5 Å². The maximum absolute atomic E-state index is 5.72. The second-order valence-corrected chi connectivity index (χ2v) is 3.96. The highest BCUT2D eigenvalue weighted by molar-refractivity contribution is 5.40. The van der Waals surface area contributed by atoms with Crippen molar-refractivity contribution in [1.82, 2.24) is 9.78 Å². The number of hydrogen-bond donors (Lipinski definition) is 1. The highest BCUT2D eigenvalue weighted by Crippen LogP contribution is 2.19. The lowest BCUT2D eigenvalue weighted by molar-refractivity contribution is 0.414. The topological polar surface area (TPSA) is 53.1 Å². The van der Waals surface area contributed by atoms with E-state index >= 15 is 0 Å². The Morgan fingerprint density at radius 3 is 2.35 bits per heavy atom. The van der Waals surface area contributed by atoms with Crippen LogP contribution in [0, 0.1) is 13.8 Å². The van der Waals surface area contributed by atoms with Crippen molar-refractivity contribution in [2.45, 2.75) is 20.4 Å². The van der Waals surface area contributed by atoms with Gasteiger partial charge in [0.1, 0.15) is 5.75 Å². The molecule has 2 aromatic rings. The number of nitrogens with zero attached hydrogens (tertiary/aromatic N) is 2. The average Bonchev–Trinajstić information content (AvgIpc) is 2.64. The molecule has 0 atom stereocenters. The van der Waals surface area contributed by atoms with Crippen molar-refractivity contribution in [3.8, 4) is 11.4 Å². The van der Waals surface area contributed by atoms with Crippen molar-refractivity contribution < 1.29 is 4.74 Å². The first-order valence-corrected chi connectivity index (χ1v) is 5.57. The quantitative estimate of drug-likeness (QED) is 0.878. The third-order valence-corrected chi connectivity index (χ3v) is 2.96. The van der Waals surface area contributed by atoms with E-state index < -0.39 is 0 Å². The second-order valence-electron chi connectivity index (χ2n) is 3.96. The number of ether oxygens (including phenoxy) is 1. The van der Waals surface area contributed by atoms with E-state index in [9.17, 15) is 0 Å². The lowest BCUT2D eigenvalue weighted by Crippen LogP contribution is -2.02. The van der Waals surface area contributed by atoms with Crippen LogP contribution in [0.4, 0.5) is 0 Å². The Morgan fingerprint density at radius 1 is 1.24 bits per heavy atom.